The zero-order valence-electron chi connectivity index (χ0n) is 10.5. The molecule has 0 atom stereocenters. The van der Waals surface area contributed by atoms with E-state index in [-0.39, 0.29) is 36.1 Å². The lowest BCUT2D eigenvalue weighted by molar-refractivity contribution is 0.281. The second-order valence-electron chi connectivity index (χ2n) is 4.48. The van der Waals surface area contributed by atoms with Crippen molar-refractivity contribution in [1.29, 1.82) is 0 Å². The molecule has 112 valence electrons. The van der Waals surface area contributed by atoms with Crippen LogP contribution in [0.2, 0.25) is 0 Å². The largest absolute Gasteiger partial charge is 0.392 e. The number of sulfone groups is 1. The minimum absolute atomic E-state index is 0.0412. The third-order valence-electron chi connectivity index (χ3n) is 3.10. The summed E-state index contributed by atoms with van der Waals surface area (Å²) in [5.41, 5.74) is 0.483. The lowest BCUT2D eigenvalue weighted by Crippen LogP contribution is -2.43. The van der Waals surface area contributed by atoms with Crippen LogP contribution in [0.3, 0.4) is 0 Å². The summed E-state index contributed by atoms with van der Waals surface area (Å²) in [6.07, 6.45) is 0. The van der Waals surface area contributed by atoms with Gasteiger partial charge >= 0.3 is 0 Å². The summed E-state index contributed by atoms with van der Waals surface area (Å²) in [5.74, 6) is -0.326. The Kier molecular flexibility index (Phi) is 4.55. The van der Waals surface area contributed by atoms with E-state index in [4.69, 9.17) is 5.11 Å². The Morgan fingerprint density at radius 1 is 1.25 bits per heavy atom. The molecule has 0 radical (unpaired) electrons. The van der Waals surface area contributed by atoms with Crippen LogP contribution in [0.5, 0.6) is 0 Å². The normalized spacial score (nSPS) is 19.9. The third-order valence-corrected chi connectivity index (χ3v) is 7.60. The molecule has 1 aromatic carbocycles. The summed E-state index contributed by atoms with van der Waals surface area (Å²) in [4.78, 5) is 0.0448. The van der Waals surface area contributed by atoms with Crippen molar-refractivity contribution in [2.75, 3.05) is 24.6 Å². The van der Waals surface area contributed by atoms with Crippen LogP contribution in [0.1, 0.15) is 5.56 Å². The minimum Gasteiger partial charge on any atom is -0.392 e. The van der Waals surface area contributed by atoms with Crippen molar-refractivity contribution < 1.29 is 21.9 Å². The van der Waals surface area contributed by atoms with Crippen molar-refractivity contribution in [3.05, 3.63) is 28.2 Å². The molecule has 6 nitrogen and oxygen atoms in total. The van der Waals surface area contributed by atoms with Gasteiger partial charge < -0.3 is 5.11 Å². The standard InChI is InChI=1S/C11H14BrNO5S2/c12-10-2-1-9(8-14)7-11(10)20(17,18)13-3-5-19(15,16)6-4-13/h1-2,7,14H,3-6,8H2. The van der Waals surface area contributed by atoms with E-state index in [1.54, 1.807) is 12.1 Å². The molecule has 1 aliphatic heterocycles. The molecular weight excluding hydrogens is 370 g/mol. The van der Waals surface area contributed by atoms with Gasteiger partial charge in [0.05, 0.1) is 23.0 Å². The highest BCUT2D eigenvalue weighted by Crippen LogP contribution is 2.27. The van der Waals surface area contributed by atoms with Crippen molar-refractivity contribution in [3.63, 3.8) is 0 Å². The van der Waals surface area contributed by atoms with Gasteiger partial charge in [-0.05, 0) is 33.6 Å². The Labute approximate surface area is 126 Å². The van der Waals surface area contributed by atoms with Crippen molar-refractivity contribution in [1.82, 2.24) is 4.31 Å². The number of rotatable bonds is 3. The maximum absolute atomic E-state index is 12.5. The molecular formula is C11H14BrNO5S2. The van der Waals surface area contributed by atoms with Gasteiger partial charge in [0.1, 0.15) is 0 Å². The first-order chi connectivity index (χ1) is 9.26. The SMILES string of the molecule is O=S1(=O)CCN(S(=O)(=O)c2cc(CO)ccc2Br)CC1. The van der Waals surface area contributed by atoms with E-state index in [9.17, 15) is 16.8 Å². The predicted octanol–water partition coefficient (Wildman–Crippen LogP) is 0.361. The number of halogens is 1. The quantitative estimate of drug-likeness (QED) is 0.813. The third kappa shape index (κ3) is 3.22. The van der Waals surface area contributed by atoms with E-state index in [1.165, 1.54) is 6.07 Å². The van der Waals surface area contributed by atoms with Crippen LogP contribution >= 0.6 is 15.9 Å². The highest BCUT2D eigenvalue weighted by molar-refractivity contribution is 9.10. The monoisotopic (exact) mass is 383 g/mol. The van der Waals surface area contributed by atoms with Crippen molar-refractivity contribution >= 4 is 35.8 Å². The summed E-state index contributed by atoms with van der Waals surface area (Å²) in [5, 5.41) is 9.09. The van der Waals surface area contributed by atoms with Crippen LogP contribution in [0, 0.1) is 0 Å². The van der Waals surface area contributed by atoms with Crippen LogP contribution in [0.25, 0.3) is 0 Å². The Morgan fingerprint density at radius 3 is 2.40 bits per heavy atom. The topological polar surface area (TPSA) is 91.8 Å². The van der Waals surface area contributed by atoms with Crippen LogP contribution in [-0.4, -0.2) is 50.8 Å². The average molecular weight is 384 g/mol. The molecule has 0 saturated carbocycles. The Balaban J connectivity index is 2.36. The van der Waals surface area contributed by atoms with Crippen LogP contribution in [-0.2, 0) is 26.5 Å². The smallest absolute Gasteiger partial charge is 0.244 e. The van der Waals surface area contributed by atoms with E-state index < -0.39 is 19.9 Å². The van der Waals surface area contributed by atoms with Gasteiger partial charge in [-0.3, -0.25) is 0 Å². The molecule has 9 heteroatoms. The second-order valence-corrected chi connectivity index (χ2v) is 9.54. The van der Waals surface area contributed by atoms with Gasteiger partial charge in [0.25, 0.3) is 0 Å². The Bertz CT molecular complexity index is 700. The minimum atomic E-state index is -3.76. The number of sulfonamides is 1. The molecule has 0 unspecified atom stereocenters. The number of nitrogens with zero attached hydrogens (tertiary/aromatic N) is 1. The molecule has 1 N–H and O–H groups in total. The summed E-state index contributed by atoms with van der Waals surface area (Å²) in [6.45, 7) is -0.342. The van der Waals surface area contributed by atoms with E-state index in [2.05, 4.69) is 15.9 Å². The molecule has 1 fully saturated rings. The number of hydrogen-bond acceptors (Lipinski definition) is 5. The average Bonchev–Trinajstić information content (AvgIpc) is 2.38. The fourth-order valence-electron chi connectivity index (χ4n) is 1.92. The Hall–Kier alpha value is -0.480. The van der Waals surface area contributed by atoms with Gasteiger partial charge in [-0.2, -0.15) is 4.31 Å². The van der Waals surface area contributed by atoms with Gasteiger partial charge in [0, 0.05) is 17.6 Å². The molecule has 1 aromatic rings. The molecule has 1 heterocycles. The van der Waals surface area contributed by atoms with Crippen LogP contribution in [0.15, 0.2) is 27.6 Å². The number of aliphatic hydroxyl groups excluding tert-OH is 1. The molecule has 0 aromatic heterocycles. The van der Waals surface area contributed by atoms with Crippen molar-refractivity contribution in [2.45, 2.75) is 11.5 Å². The second kappa shape index (κ2) is 5.72. The fourth-order valence-corrected chi connectivity index (χ4v) is 5.77. The molecule has 1 aliphatic rings. The molecule has 0 bridgehead atoms. The number of hydrogen-bond donors (Lipinski definition) is 1. The van der Waals surface area contributed by atoms with Gasteiger partial charge in [-0.25, -0.2) is 16.8 Å². The van der Waals surface area contributed by atoms with E-state index in [0.29, 0.717) is 10.0 Å². The molecule has 20 heavy (non-hydrogen) atoms. The first-order valence-corrected chi connectivity index (χ1v) is 9.91. The van der Waals surface area contributed by atoms with E-state index >= 15 is 0 Å². The first-order valence-electron chi connectivity index (χ1n) is 5.86. The van der Waals surface area contributed by atoms with Crippen molar-refractivity contribution in [2.24, 2.45) is 0 Å². The predicted molar refractivity (Wildman–Crippen MR) is 77.5 cm³/mol. The maximum atomic E-state index is 12.5. The van der Waals surface area contributed by atoms with Gasteiger partial charge in [0.2, 0.25) is 10.0 Å². The molecule has 1 saturated heterocycles. The molecule has 0 spiro atoms. The molecule has 0 amide bonds. The lowest BCUT2D eigenvalue weighted by Gasteiger charge is -2.26. The first kappa shape index (κ1) is 15.9. The molecule has 0 aliphatic carbocycles. The zero-order chi connectivity index (χ0) is 15.0. The van der Waals surface area contributed by atoms with E-state index in [1.807, 2.05) is 0 Å². The maximum Gasteiger partial charge on any atom is 0.244 e. The number of aliphatic hydroxyl groups is 1. The van der Waals surface area contributed by atoms with Crippen LogP contribution in [0.4, 0.5) is 0 Å². The van der Waals surface area contributed by atoms with Crippen LogP contribution < -0.4 is 0 Å². The number of benzene rings is 1. The summed E-state index contributed by atoms with van der Waals surface area (Å²) < 4.78 is 49.3. The van der Waals surface area contributed by atoms with Gasteiger partial charge in [-0.15, -0.1) is 0 Å². The van der Waals surface area contributed by atoms with E-state index in [0.717, 1.165) is 4.31 Å². The Morgan fingerprint density at radius 2 is 1.85 bits per heavy atom. The highest BCUT2D eigenvalue weighted by Gasteiger charge is 2.32. The summed E-state index contributed by atoms with van der Waals surface area (Å²) >= 11 is 3.18. The summed E-state index contributed by atoms with van der Waals surface area (Å²) in [6, 6.07) is 4.56. The fraction of sp³-hybridized carbons (Fsp3) is 0.455. The highest BCUT2D eigenvalue weighted by atomic mass is 79.9. The lowest BCUT2D eigenvalue weighted by atomic mass is 10.2. The van der Waals surface area contributed by atoms with Crippen molar-refractivity contribution in [3.8, 4) is 0 Å². The zero-order valence-corrected chi connectivity index (χ0v) is 13.7. The van der Waals surface area contributed by atoms with Gasteiger partial charge in [-0.1, -0.05) is 6.07 Å². The molecule has 2 rings (SSSR count). The van der Waals surface area contributed by atoms with Gasteiger partial charge in [0.15, 0.2) is 9.84 Å². The summed E-state index contributed by atoms with van der Waals surface area (Å²) in [7, 11) is -6.90.